The first kappa shape index (κ1) is 16.5. The Balaban J connectivity index is 3.21. The van der Waals surface area contributed by atoms with Crippen LogP contribution in [-0.2, 0) is 10.0 Å². The number of sulfonamides is 1. The lowest BCUT2D eigenvalue weighted by atomic mass is 10.2. The molecule has 0 aliphatic heterocycles. The Bertz CT molecular complexity index is 584. The first-order valence-electron chi connectivity index (χ1n) is 6.39. The van der Waals surface area contributed by atoms with Gasteiger partial charge in [-0.1, -0.05) is 13.3 Å². The first-order valence-corrected chi connectivity index (χ1v) is 7.87. The minimum atomic E-state index is -3.76. The topological polar surface area (TPSA) is 95.5 Å². The number of rotatable bonds is 7. The van der Waals surface area contributed by atoms with Crippen LogP contribution >= 0.6 is 0 Å². The fraction of sp³-hybridized carbons (Fsp3) is 0.462. The highest BCUT2D eigenvalue weighted by atomic mass is 32.2. The molecule has 0 spiro atoms. The van der Waals surface area contributed by atoms with Gasteiger partial charge in [0.05, 0.1) is 11.3 Å². The quantitative estimate of drug-likeness (QED) is 0.714. The van der Waals surface area contributed by atoms with Crippen LogP contribution in [0.5, 0.6) is 0 Å². The average molecular weight is 300 g/mol. The normalized spacial score (nSPS) is 12.9. The van der Waals surface area contributed by atoms with Gasteiger partial charge in [0.2, 0.25) is 10.0 Å². The van der Waals surface area contributed by atoms with Gasteiger partial charge in [-0.15, -0.1) is 0 Å². The van der Waals surface area contributed by atoms with E-state index in [0.717, 1.165) is 12.5 Å². The molecule has 3 N–H and O–H groups in total. The van der Waals surface area contributed by atoms with Crippen LogP contribution in [0.2, 0.25) is 0 Å². The summed E-state index contributed by atoms with van der Waals surface area (Å²) in [6.07, 6.45) is 1.57. The third-order valence-corrected chi connectivity index (χ3v) is 4.49. The molecule has 20 heavy (non-hydrogen) atoms. The molecule has 1 atom stereocenters. The summed E-state index contributed by atoms with van der Waals surface area (Å²) >= 11 is 0. The minimum absolute atomic E-state index is 0.0529. The van der Waals surface area contributed by atoms with Gasteiger partial charge in [0.1, 0.15) is 4.90 Å². The molecule has 7 heteroatoms. The fourth-order valence-electron chi connectivity index (χ4n) is 1.90. The van der Waals surface area contributed by atoms with Crippen molar-refractivity contribution in [2.45, 2.75) is 37.6 Å². The minimum Gasteiger partial charge on any atom is -0.478 e. The van der Waals surface area contributed by atoms with Gasteiger partial charge < -0.3 is 10.4 Å². The lowest BCUT2D eigenvalue weighted by Crippen LogP contribution is -2.33. The summed E-state index contributed by atoms with van der Waals surface area (Å²) in [5.74, 6) is -1.16. The maximum Gasteiger partial charge on any atom is 0.335 e. The van der Waals surface area contributed by atoms with E-state index in [4.69, 9.17) is 5.11 Å². The van der Waals surface area contributed by atoms with Crippen LogP contribution in [0, 0.1) is 0 Å². The van der Waals surface area contributed by atoms with Crippen molar-refractivity contribution >= 4 is 21.7 Å². The number of aromatic carboxylic acids is 1. The number of carbonyl (C=O) groups is 1. The molecular formula is C13H20N2O4S. The Morgan fingerprint density at radius 1 is 1.40 bits per heavy atom. The second-order valence-electron chi connectivity index (χ2n) is 4.58. The van der Waals surface area contributed by atoms with Crippen molar-refractivity contribution in [3.63, 3.8) is 0 Å². The van der Waals surface area contributed by atoms with Crippen molar-refractivity contribution in [1.29, 1.82) is 0 Å². The standard InChI is InChI=1S/C13H20N2O4S/c1-4-5-9(2)15-20(18,19)12-8-10(13(16)17)6-7-11(12)14-3/h6-9,14-15H,4-5H2,1-3H3,(H,16,17). The van der Waals surface area contributed by atoms with Crippen LogP contribution < -0.4 is 10.0 Å². The predicted molar refractivity (Wildman–Crippen MR) is 77.6 cm³/mol. The molecule has 0 amide bonds. The van der Waals surface area contributed by atoms with E-state index < -0.39 is 16.0 Å². The molecule has 0 saturated carbocycles. The Kier molecular flexibility index (Phi) is 5.52. The molecule has 0 saturated heterocycles. The highest BCUT2D eigenvalue weighted by molar-refractivity contribution is 7.89. The third-order valence-electron chi connectivity index (χ3n) is 2.87. The van der Waals surface area contributed by atoms with Gasteiger partial charge in [-0.3, -0.25) is 0 Å². The lowest BCUT2D eigenvalue weighted by molar-refractivity contribution is 0.0696. The number of carboxylic acid groups (broad SMARTS) is 1. The van der Waals surface area contributed by atoms with E-state index in [0.29, 0.717) is 12.1 Å². The molecule has 0 fully saturated rings. The van der Waals surface area contributed by atoms with Gasteiger partial charge in [-0.05, 0) is 31.5 Å². The van der Waals surface area contributed by atoms with Gasteiger partial charge in [-0.25, -0.2) is 17.9 Å². The molecule has 1 unspecified atom stereocenters. The number of hydrogen-bond donors (Lipinski definition) is 3. The molecule has 1 aromatic carbocycles. The highest BCUT2D eigenvalue weighted by Gasteiger charge is 2.22. The molecule has 0 aliphatic rings. The smallest absolute Gasteiger partial charge is 0.335 e. The summed E-state index contributed by atoms with van der Waals surface area (Å²) in [7, 11) is -2.17. The van der Waals surface area contributed by atoms with Gasteiger partial charge in [0.15, 0.2) is 0 Å². The summed E-state index contributed by atoms with van der Waals surface area (Å²) in [5.41, 5.74) is 0.304. The Morgan fingerprint density at radius 3 is 2.55 bits per heavy atom. The van der Waals surface area contributed by atoms with E-state index in [9.17, 15) is 13.2 Å². The van der Waals surface area contributed by atoms with Crippen molar-refractivity contribution in [2.75, 3.05) is 12.4 Å². The van der Waals surface area contributed by atoms with Crippen molar-refractivity contribution in [3.05, 3.63) is 23.8 Å². The van der Waals surface area contributed by atoms with Crippen molar-refractivity contribution in [1.82, 2.24) is 4.72 Å². The number of anilines is 1. The van der Waals surface area contributed by atoms with Crippen LogP contribution in [-0.4, -0.2) is 32.6 Å². The van der Waals surface area contributed by atoms with E-state index in [1.807, 2.05) is 6.92 Å². The summed E-state index contributed by atoms with van der Waals surface area (Å²) < 4.78 is 27.2. The third kappa shape index (κ3) is 3.94. The largest absolute Gasteiger partial charge is 0.478 e. The monoisotopic (exact) mass is 300 g/mol. The van der Waals surface area contributed by atoms with E-state index in [-0.39, 0.29) is 16.5 Å². The maximum absolute atomic E-state index is 12.3. The van der Waals surface area contributed by atoms with Gasteiger partial charge in [0, 0.05) is 13.1 Å². The molecule has 1 rings (SSSR count). The molecule has 0 aliphatic carbocycles. The van der Waals surface area contributed by atoms with E-state index in [2.05, 4.69) is 10.0 Å². The molecule has 0 heterocycles. The molecule has 0 radical (unpaired) electrons. The summed E-state index contributed by atoms with van der Waals surface area (Å²) in [6.45, 7) is 3.75. The molecular weight excluding hydrogens is 280 g/mol. The number of carboxylic acids is 1. The van der Waals surface area contributed by atoms with E-state index in [1.165, 1.54) is 12.1 Å². The Hall–Kier alpha value is -1.60. The maximum atomic E-state index is 12.3. The zero-order chi connectivity index (χ0) is 15.3. The van der Waals surface area contributed by atoms with E-state index >= 15 is 0 Å². The summed E-state index contributed by atoms with van der Waals surface area (Å²) in [4.78, 5) is 10.9. The number of hydrogen-bond acceptors (Lipinski definition) is 4. The molecule has 0 aromatic heterocycles. The zero-order valence-corrected chi connectivity index (χ0v) is 12.6. The van der Waals surface area contributed by atoms with Crippen LogP contribution in [0.1, 0.15) is 37.0 Å². The van der Waals surface area contributed by atoms with Crippen molar-refractivity contribution < 1.29 is 18.3 Å². The second-order valence-corrected chi connectivity index (χ2v) is 6.26. The van der Waals surface area contributed by atoms with E-state index in [1.54, 1.807) is 14.0 Å². The lowest BCUT2D eigenvalue weighted by Gasteiger charge is -2.16. The number of nitrogens with one attached hydrogen (secondary N) is 2. The van der Waals surface area contributed by atoms with Crippen LogP contribution in [0.3, 0.4) is 0 Å². The highest BCUT2D eigenvalue weighted by Crippen LogP contribution is 2.23. The van der Waals surface area contributed by atoms with Gasteiger partial charge >= 0.3 is 5.97 Å². The summed E-state index contributed by atoms with van der Waals surface area (Å²) in [6, 6.07) is 3.77. The van der Waals surface area contributed by atoms with Gasteiger partial charge in [-0.2, -0.15) is 0 Å². The SMILES string of the molecule is CCCC(C)NS(=O)(=O)c1cc(C(=O)O)ccc1NC. The molecule has 6 nitrogen and oxygen atoms in total. The fourth-order valence-corrected chi connectivity index (χ4v) is 3.42. The van der Waals surface area contributed by atoms with Crippen LogP contribution in [0.4, 0.5) is 5.69 Å². The molecule has 1 aromatic rings. The van der Waals surface area contributed by atoms with Crippen molar-refractivity contribution in [3.8, 4) is 0 Å². The molecule has 112 valence electrons. The zero-order valence-electron chi connectivity index (χ0n) is 11.8. The Labute approximate surface area is 119 Å². The summed E-state index contributed by atoms with van der Waals surface area (Å²) in [5, 5.41) is 11.7. The predicted octanol–water partition coefficient (Wildman–Crippen LogP) is 1.89. The second kappa shape index (κ2) is 6.71. The van der Waals surface area contributed by atoms with Gasteiger partial charge in [0.25, 0.3) is 0 Å². The first-order chi connectivity index (χ1) is 9.31. The van der Waals surface area contributed by atoms with Crippen molar-refractivity contribution in [2.24, 2.45) is 0 Å². The number of benzene rings is 1. The molecule has 0 bridgehead atoms. The van der Waals surface area contributed by atoms with Crippen LogP contribution in [0.15, 0.2) is 23.1 Å². The Morgan fingerprint density at radius 2 is 2.05 bits per heavy atom. The van der Waals surface area contributed by atoms with Crippen LogP contribution in [0.25, 0.3) is 0 Å². The average Bonchev–Trinajstić information content (AvgIpc) is 2.37.